The third-order valence-corrected chi connectivity index (χ3v) is 7.63. The molecule has 3 N–H and O–H groups in total. The largest absolute Gasteiger partial charge is 0.508 e. The third kappa shape index (κ3) is 5.80. The van der Waals surface area contributed by atoms with E-state index in [-0.39, 0.29) is 45.9 Å². The van der Waals surface area contributed by atoms with Crippen LogP contribution >= 0.6 is 23.2 Å². The summed E-state index contributed by atoms with van der Waals surface area (Å²) in [4.78, 5) is 36.6. The molecule has 206 valence electrons. The average Bonchev–Trinajstić information content (AvgIpc) is 2.98. The fourth-order valence-electron chi connectivity index (χ4n) is 4.73. The number of benzene rings is 3. The van der Waals surface area contributed by atoms with Crippen molar-refractivity contribution in [1.29, 1.82) is 5.26 Å². The molecule has 9 nitrogen and oxygen atoms in total. The first-order chi connectivity index (χ1) is 19.8. The van der Waals surface area contributed by atoms with Gasteiger partial charge in [0.2, 0.25) is 0 Å². The van der Waals surface area contributed by atoms with Gasteiger partial charge in [0.15, 0.2) is 0 Å². The Morgan fingerprint density at radius 2 is 1.90 bits per heavy atom. The van der Waals surface area contributed by atoms with Crippen LogP contribution in [0.3, 0.4) is 0 Å². The van der Waals surface area contributed by atoms with Gasteiger partial charge in [-0.05, 0) is 60.0 Å². The van der Waals surface area contributed by atoms with E-state index in [2.05, 4.69) is 27.2 Å². The molecule has 0 fully saturated rings. The van der Waals surface area contributed by atoms with Crippen LogP contribution in [0.4, 0.5) is 5.82 Å². The lowest BCUT2D eigenvalue weighted by molar-refractivity contribution is 0.0734. The summed E-state index contributed by atoms with van der Waals surface area (Å²) >= 11 is 13.3. The van der Waals surface area contributed by atoms with E-state index in [1.54, 1.807) is 23.1 Å². The number of carbonyl (C=O) groups excluding carboxylic acids is 2. The molecule has 0 spiro atoms. The minimum atomic E-state index is -0.775. The van der Waals surface area contributed by atoms with Crippen LogP contribution in [0.2, 0.25) is 10.0 Å². The molecule has 0 radical (unpaired) electrons. The molecule has 0 saturated heterocycles. The van der Waals surface area contributed by atoms with E-state index in [0.717, 1.165) is 22.0 Å². The normalized spacial score (nSPS) is 13.1. The highest BCUT2D eigenvalue weighted by Crippen LogP contribution is 2.35. The van der Waals surface area contributed by atoms with Gasteiger partial charge in [0, 0.05) is 36.2 Å². The molecule has 2 heterocycles. The maximum absolute atomic E-state index is 13.4. The Hall–Kier alpha value is -4.65. The van der Waals surface area contributed by atoms with Gasteiger partial charge in [0.05, 0.1) is 33.2 Å². The number of amides is 2. The predicted octanol–water partition coefficient (Wildman–Crippen LogP) is 5.13. The van der Waals surface area contributed by atoms with E-state index in [0.29, 0.717) is 24.3 Å². The first-order valence-corrected chi connectivity index (χ1v) is 13.4. The second-order valence-corrected chi connectivity index (χ2v) is 10.3. The van der Waals surface area contributed by atoms with Gasteiger partial charge >= 0.3 is 0 Å². The predicted molar refractivity (Wildman–Crippen MR) is 157 cm³/mol. The number of nitrogens with zero attached hydrogens (tertiary/aromatic N) is 4. The quantitative estimate of drug-likeness (QED) is 0.256. The summed E-state index contributed by atoms with van der Waals surface area (Å²) in [7, 11) is 0. The van der Waals surface area contributed by atoms with Crippen molar-refractivity contribution in [3.05, 3.63) is 105 Å². The fourth-order valence-corrected chi connectivity index (χ4v) is 5.50. The molecule has 1 aromatic heterocycles. The Morgan fingerprint density at radius 3 is 2.66 bits per heavy atom. The summed E-state index contributed by atoms with van der Waals surface area (Å²) in [6, 6.07) is 16.4. The first kappa shape index (κ1) is 27.9. The lowest BCUT2D eigenvalue weighted by atomic mass is 9.95. The molecule has 1 unspecified atom stereocenters. The van der Waals surface area contributed by atoms with Crippen LogP contribution in [0.1, 0.15) is 31.8 Å². The summed E-state index contributed by atoms with van der Waals surface area (Å²) in [6.07, 6.45) is 1.86. The van der Waals surface area contributed by atoms with Crippen LogP contribution in [0.25, 0.3) is 10.9 Å². The molecular formula is C30H24Cl2N6O3. The van der Waals surface area contributed by atoms with Crippen molar-refractivity contribution in [1.82, 2.24) is 20.2 Å². The number of nitrogens with one attached hydrogen (secondary N) is 2. The number of hydrogen-bond acceptors (Lipinski definition) is 7. The number of phenols is 1. The molecule has 4 aromatic rings. The molecule has 1 aliphatic heterocycles. The molecule has 3 aromatic carbocycles. The number of aromatic hydroxyl groups is 1. The van der Waals surface area contributed by atoms with E-state index in [4.69, 9.17) is 23.2 Å². The lowest BCUT2D eigenvalue weighted by Gasteiger charge is -2.30. The molecule has 0 aliphatic carbocycles. The first-order valence-electron chi connectivity index (χ1n) is 12.7. The van der Waals surface area contributed by atoms with Gasteiger partial charge in [0.25, 0.3) is 11.8 Å². The number of nitriles is 1. The van der Waals surface area contributed by atoms with Crippen LogP contribution in [0.5, 0.6) is 5.75 Å². The van der Waals surface area contributed by atoms with E-state index < -0.39 is 11.9 Å². The van der Waals surface area contributed by atoms with Crippen molar-refractivity contribution in [3.63, 3.8) is 0 Å². The average molecular weight is 587 g/mol. The third-order valence-electron chi connectivity index (χ3n) is 6.92. The Balaban J connectivity index is 1.34. The van der Waals surface area contributed by atoms with E-state index >= 15 is 0 Å². The minimum absolute atomic E-state index is 0.0776. The van der Waals surface area contributed by atoms with Gasteiger partial charge in [-0.15, -0.1) is 0 Å². The number of phenolic OH excluding ortho intramolecular Hbond substituents is 1. The highest BCUT2D eigenvalue weighted by atomic mass is 35.5. The number of aromatic nitrogens is 2. The van der Waals surface area contributed by atoms with Gasteiger partial charge in [-0.1, -0.05) is 41.9 Å². The molecule has 5 rings (SSSR count). The van der Waals surface area contributed by atoms with Gasteiger partial charge < -0.3 is 20.6 Å². The van der Waals surface area contributed by atoms with E-state index in [9.17, 15) is 20.0 Å². The number of para-hydroxylation sites is 1. The van der Waals surface area contributed by atoms with Gasteiger partial charge in [-0.3, -0.25) is 9.59 Å². The van der Waals surface area contributed by atoms with Crippen LogP contribution in [0.15, 0.2) is 73.1 Å². The topological polar surface area (TPSA) is 131 Å². The fraction of sp³-hybridized carbons (Fsp3) is 0.167. The summed E-state index contributed by atoms with van der Waals surface area (Å²) in [6.45, 7) is 4.58. The van der Waals surface area contributed by atoms with E-state index in [1.807, 2.05) is 30.3 Å². The molecule has 1 aliphatic rings. The molecule has 2 amide bonds. The second kappa shape index (κ2) is 11.8. The summed E-state index contributed by atoms with van der Waals surface area (Å²) in [5.74, 6) is -0.113. The Kier molecular flexibility index (Phi) is 8.06. The highest BCUT2D eigenvalue weighted by Gasteiger charge is 2.29. The molecular weight excluding hydrogens is 563 g/mol. The van der Waals surface area contributed by atoms with Crippen molar-refractivity contribution >= 4 is 51.7 Å². The van der Waals surface area contributed by atoms with Crippen molar-refractivity contribution in [2.45, 2.75) is 19.0 Å². The number of carbonyl (C=O) groups is 2. The summed E-state index contributed by atoms with van der Waals surface area (Å²) in [5.41, 5.74) is 2.90. The van der Waals surface area contributed by atoms with Crippen molar-refractivity contribution in [2.24, 2.45) is 0 Å². The monoisotopic (exact) mass is 586 g/mol. The van der Waals surface area contributed by atoms with Crippen LogP contribution in [0, 0.1) is 11.3 Å². The number of fused-ring (bicyclic) bond motifs is 2. The highest BCUT2D eigenvalue weighted by molar-refractivity contribution is 6.40. The standard InChI is InChI=1S/C30H24Cl2N6O3/c1-17(13-33)25(14-34-28-22-4-2-3-5-24(22)35-16-36-28)37-29(40)26-23(31)12-19-15-38(11-10-21(19)27(26)32)30(41)18-6-8-20(39)9-7-18/h2-9,12,16,25,39H,1,10-11,14-15H2,(H,37,40)(H,34,35,36). The number of anilines is 1. The lowest BCUT2D eigenvalue weighted by Crippen LogP contribution is -2.41. The maximum atomic E-state index is 13.4. The summed E-state index contributed by atoms with van der Waals surface area (Å²) in [5, 5.41) is 26.2. The molecule has 0 bridgehead atoms. The molecule has 1 atom stereocenters. The van der Waals surface area contributed by atoms with Crippen LogP contribution < -0.4 is 10.6 Å². The van der Waals surface area contributed by atoms with E-state index in [1.165, 1.54) is 18.5 Å². The SMILES string of the molecule is C=C(C#N)C(CNc1ncnc2ccccc12)NC(=O)c1c(Cl)cc2c(c1Cl)CCN(C(=O)c1ccc(O)cc1)C2. The number of halogens is 2. The smallest absolute Gasteiger partial charge is 0.254 e. The Morgan fingerprint density at radius 1 is 1.15 bits per heavy atom. The van der Waals surface area contributed by atoms with Gasteiger partial charge in [-0.25, -0.2) is 9.97 Å². The molecule has 0 saturated carbocycles. The maximum Gasteiger partial charge on any atom is 0.254 e. The van der Waals surface area contributed by atoms with Crippen molar-refractivity contribution in [2.75, 3.05) is 18.4 Å². The van der Waals surface area contributed by atoms with Crippen molar-refractivity contribution < 1.29 is 14.7 Å². The molecule has 11 heteroatoms. The summed E-state index contributed by atoms with van der Waals surface area (Å²) < 4.78 is 0. The zero-order valence-electron chi connectivity index (χ0n) is 21.7. The second-order valence-electron chi connectivity index (χ2n) is 9.49. The van der Waals surface area contributed by atoms with Crippen molar-refractivity contribution in [3.8, 4) is 11.8 Å². The van der Waals surface area contributed by atoms with Crippen LogP contribution in [-0.2, 0) is 13.0 Å². The Bertz CT molecular complexity index is 1710. The zero-order chi connectivity index (χ0) is 29.1. The van der Waals surface area contributed by atoms with Gasteiger partial charge in [-0.2, -0.15) is 5.26 Å². The number of hydrogen-bond donors (Lipinski definition) is 3. The van der Waals surface area contributed by atoms with Gasteiger partial charge in [0.1, 0.15) is 17.9 Å². The zero-order valence-corrected chi connectivity index (χ0v) is 23.2. The minimum Gasteiger partial charge on any atom is -0.508 e. The Labute approximate surface area is 246 Å². The van der Waals surface area contributed by atoms with Crippen LogP contribution in [-0.4, -0.2) is 50.9 Å². The number of rotatable bonds is 7. The molecule has 41 heavy (non-hydrogen) atoms.